The van der Waals surface area contributed by atoms with E-state index in [9.17, 15) is 13.6 Å². The summed E-state index contributed by atoms with van der Waals surface area (Å²) in [5, 5.41) is -3.83. The lowest BCUT2D eigenvalue weighted by molar-refractivity contribution is -0.128. The number of nitrogens with two attached hydrogens (primary N) is 1. The third-order valence-electron chi connectivity index (χ3n) is 1.21. The molecule has 7 heteroatoms. The van der Waals surface area contributed by atoms with Crippen molar-refractivity contribution in [1.29, 1.82) is 0 Å². The first-order chi connectivity index (χ1) is 7.40. The molecule has 16 heavy (non-hydrogen) atoms. The van der Waals surface area contributed by atoms with Crippen LogP contribution in [0.1, 0.15) is 19.8 Å². The molecule has 0 unspecified atom stereocenters. The summed E-state index contributed by atoms with van der Waals surface area (Å²) in [5.74, 6) is 3.13. The normalized spacial score (nSPS) is 10.9. The topological polar surface area (TPSA) is 64.3 Å². The summed E-state index contributed by atoms with van der Waals surface area (Å²) in [6.45, 7) is 2.37. The van der Waals surface area contributed by atoms with E-state index in [1.165, 1.54) is 0 Å². The number of hydrazine groups is 1. The molecule has 0 aromatic rings. The van der Waals surface area contributed by atoms with E-state index in [-0.39, 0.29) is 0 Å². The number of alkyl halides is 3. The van der Waals surface area contributed by atoms with Gasteiger partial charge < -0.3 is 4.74 Å². The summed E-state index contributed by atoms with van der Waals surface area (Å²) in [4.78, 5) is 10.4. The van der Waals surface area contributed by atoms with Gasteiger partial charge in [0.05, 0.1) is 12.9 Å². The maximum absolute atomic E-state index is 12.0. The second-order valence-corrected chi connectivity index (χ2v) is 3.15. The highest BCUT2D eigenvalue weighted by molar-refractivity contribution is 6.34. The van der Waals surface area contributed by atoms with Crippen molar-refractivity contribution in [3.05, 3.63) is 12.3 Å². The van der Waals surface area contributed by atoms with Crippen LogP contribution in [0.4, 0.5) is 8.78 Å². The van der Waals surface area contributed by atoms with Crippen LogP contribution in [0.5, 0.6) is 0 Å². The molecule has 0 aromatic heterocycles. The van der Waals surface area contributed by atoms with Gasteiger partial charge in [-0.2, -0.15) is 8.78 Å². The molecule has 0 aliphatic heterocycles. The Labute approximate surface area is 98.7 Å². The zero-order chi connectivity index (χ0) is 13.0. The van der Waals surface area contributed by atoms with E-state index in [0.29, 0.717) is 12.7 Å². The number of ether oxygens (including phenoxy) is 1. The van der Waals surface area contributed by atoms with Gasteiger partial charge in [0, 0.05) is 6.08 Å². The number of allylic oxidation sites excluding steroid dienone is 1. The standard InChI is InChI=1S/C8H11ClF2O2.CH6N2/c1-2-3-5-13-6-4-7(12)8(9,10)11;1-3-2/h4,6H,2-3,5H2,1H3;3H,2H2,1H3. The molecule has 0 bridgehead atoms. The largest absolute Gasteiger partial charge is 0.501 e. The average Bonchev–Trinajstić information content (AvgIpc) is 2.17. The third kappa shape index (κ3) is 13.3. The van der Waals surface area contributed by atoms with Gasteiger partial charge in [0.1, 0.15) is 0 Å². The van der Waals surface area contributed by atoms with Gasteiger partial charge in [-0.1, -0.05) is 13.3 Å². The summed E-state index contributed by atoms with van der Waals surface area (Å²) in [6, 6.07) is 0. The Morgan fingerprint density at radius 3 is 2.50 bits per heavy atom. The number of carbonyl (C=O) groups excluding carboxylic acids is 1. The summed E-state index contributed by atoms with van der Waals surface area (Å²) in [6.07, 6.45) is 3.32. The molecule has 0 radical (unpaired) electrons. The Balaban J connectivity index is 0. The summed E-state index contributed by atoms with van der Waals surface area (Å²) >= 11 is 4.43. The van der Waals surface area contributed by atoms with Gasteiger partial charge in [0.15, 0.2) is 0 Å². The molecule has 0 rings (SSSR count). The predicted octanol–water partition coefficient (Wildman–Crippen LogP) is 1.80. The third-order valence-corrected chi connectivity index (χ3v) is 1.40. The van der Waals surface area contributed by atoms with Crippen molar-refractivity contribution in [2.75, 3.05) is 13.7 Å². The number of halogens is 3. The number of rotatable bonds is 6. The number of unbranched alkanes of at least 4 members (excludes halogenated alkanes) is 1. The fourth-order valence-corrected chi connectivity index (χ4v) is 0.563. The summed E-state index contributed by atoms with van der Waals surface area (Å²) in [5.41, 5.74) is 2.25. The molecule has 96 valence electrons. The monoisotopic (exact) mass is 258 g/mol. The van der Waals surface area contributed by atoms with E-state index in [0.717, 1.165) is 19.1 Å². The molecule has 4 nitrogen and oxygen atoms in total. The van der Waals surface area contributed by atoms with Crippen LogP contribution in [-0.4, -0.2) is 24.8 Å². The van der Waals surface area contributed by atoms with Crippen molar-refractivity contribution in [3.63, 3.8) is 0 Å². The van der Waals surface area contributed by atoms with Crippen LogP contribution in [0.3, 0.4) is 0 Å². The highest BCUT2D eigenvalue weighted by Crippen LogP contribution is 2.20. The second-order valence-electron chi connectivity index (χ2n) is 2.68. The van der Waals surface area contributed by atoms with Gasteiger partial charge in [0.25, 0.3) is 0 Å². The first-order valence-corrected chi connectivity index (χ1v) is 5.04. The van der Waals surface area contributed by atoms with Crippen molar-refractivity contribution in [2.45, 2.75) is 25.1 Å². The Morgan fingerprint density at radius 2 is 2.12 bits per heavy atom. The van der Waals surface area contributed by atoms with Crippen molar-refractivity contribution in [2.24, 2.45) is 5.84 Å². The zero-order valence-electron chi connectivity index (χ0n) is 9.30. The van der Waals surface area contributed by atoms with E-state index in [1.54, 1.807) is 7.05 Å². The second kappa shape index (κ2) is 10.8. The van der Waals surface area contributed by atoms with Crippen LogP contribution in [-0.2, 0) is 9.53 Å². The van der Waals surface area contributed by atoms with E-state index >= 15 is 0 Å². The van der Waals surface area contributed by atoms with Crippen molar-refractivity contribution in [3.8, 4) is 0 Å². The van der Waals surface area contributed by atoms with Crippen LogP contribution >= 0.6 is 11.6 Å². The molecule has 0 heterocycles. The van der Waals surface area contributed by atoms with Crippen LogP contribution in [0.25, 0.3) is 0 Å². The average molecular weight is 259 g/mol. The summed E-state index contributed by atoms with van der Waals surface area (Å²) in [7, 11) is 1.65. The smallest absolute Gasteiger partial charge is 0.384 e. The minimum Gasteiger partial charge on any atom is -0.501 e. The highest BCUT2D eigenvalue weighted by atomic mass is 35.5. The number of hydrogen-bond acceptors (Lipinski definition) is 4. The van der Waals surface area contributed by atoms with Gasteiger partial charge >= 0.3 is 5.38 Å². The highest BCUT2D eigenvalue weighted by Gasteiger charge is 2.33. The molecule has 0 saturated carbocycles. The van der Waals surface area contributed by atoms with Crippen LogP contribution < -0.4 is 11.3 Å². The molecule has 0 saturated heterocycles. The minimum atomic E-state index is -3.83. The van der Waals surface area contributed by atoms with Crippen molar-refractivity contribution in [1.82, 2.24) is 5.43 Å². The molecule has 3 N–H and O–H groups in total. The molecular weight excluding hydrogens is 242 g/mol. The minimum absolute atomic E-state index is 0.411. The predicted molar refractivity (Wildman–Crippen MR) is 59.1 cm³/mol. The molecule has 0 spiro atoms. The molecule has 0 aromatic carbocycles. The summed E-state index contributed by atoms with van der Waals surface area (Å²) < 4.78 is 28.7. The lowest BCUT2D eigenvalue weighted by Crippen LogP contribution is -2.18. The molecule has 0 atom stereocenters. The van der Waals surface area contributed by atoms with Gasteiger partial charge in [-0.05, 0) is 25.1 Å². The van der Waals surface area contributed by atoms with E-state index in [1.807, 2.05) is 6.92 Å². The molecule has 0 aliphatic rings. The SMILES string of the molecule is CCCCOC=CC(=O)C(F)(F)Cl.CNN. The van der Waals surface area contributed by atoms with E-state index in [4.69, 9.17) is 4.74 Å². The van der Waals surface area contributed by atoms with Crippen LogP contribution in [0, 0.1) is 0 Å². The lowest BCUT2D eigenvalue weighted by atomic mass is 10.4. The molecule has 0 aliphatic carbocycles. The van der Waals surface area contributed by atoms with Gasteiger partial charge in [-0.3, -0.25) is 16.1 Å². The van der Waals surface area contributed by atoms with Crippen LogP contribution in [0.2, 0.25) is 0 Å². The fourth-order valence-electron chi connectivity index (χ4n) is 0.500. The van der Waals surface area contributed by atoms with Gasteiger partial charge in [-0.15, -0.1) is 0 Å². The quantitative estimate of drug-likeness (QED) is 0.190. The molecule has 0 amide bonds. The number of nitrogens with one attached hydrogen (secondary N) is 1. The Hall–Kier alpha value is -0.720. The number of carbonyl (C=O) groups is 1. The Morgan fingerprint density at radius 1 is 1.62 bits per heavy atom. The fraction of sp³-hybridized carbons (Fsp3) is 0.667. The molecular formula is C9H17ClF2N2O2. The number of hydrogen-bond donors (Lipinski definition) is 2. The first-order valence-electron chi connectivity index (χ1n) is 4.66. The Kier molecular flexibility index (Phi) is 11.9. The van der Waals surface area contributed by atoms with Crippen molar-refractivity contribution >= 4 is 17.4 Å². The lowest BCUT2D eigenvalue weighted by Gasteiger charge is -2.01. The van der Waals surface area contributed by atoms with E-state index in [2.05, 4.69) is 22.9 Å². The first kappa shape index (κ1) is 17.7. The van der Waals surface area contributed by atoms with Crippen LogP contribution in [0.15, 0.2) is 12.3 Å². The van der Waals surface area contributed by atoms with Gasteiger partial charge in [-0.25, -0.2) is 0 Å². The van der Waals surface area contributed by atoms with E-state index < -0.39 is 11.2 Å². The molecule has 0 fully saturated rings. The Bertz CT molecular complexity index is 208. The zero-order valence-corrected chi connectivity index (χ0v) is 10.1. The maximum Gasteiger partial charge on any atom is 0.384 e. The maximum atomic E-state index is 12.0. The van der Waals surface area contributed by atoms with Crippen molar-refractivity contribution < 1.29 is 18.3 Å². The van der Waals surface area contributed by atoms with Gasteiger partial charge in [0.2, 0.25) is 5.78 Å². The number of ketones is 1.